The van der Waals surface area contributed by atoms with Crippen molar-refractivity contribution in [3.63, 3.8) is 0 Å². The Labute approximate surface area is 111 Å². The van der Waals surface area contributed by atoms with Crippen LogP contribution in [-0.2, 0) is 13.2 Å². The second kappa shape index (κ2) is 6.15. The van der Waals surface area contributed by atoms with Gasteiger partial charge in [-0.3, -0.25) is 0 Å². The molecule has 0 unspecified atom stereocenters. The SMILES string of the molecule is COc1cccc(COc2c(F)cccc2CN)n1. The molecule has 100 valence electrons. The molecule has 0 saturated carbocycles. The fraction of sp³-hybridized carbons (Fsp3) is 0.214. The molecular weight excluding hydrogens is 247 g/mol. The molecule has 0 spiro atoms. The Morgan fingerprint density at radius 2 is 2.00 bits per heavy atom. The summed E-state index contributed by atoms with van der Waals surface area (Å²) in [6.07, 6.45) is 0. The van der Waals surface area contributed by atoms with Crippen molar-refractivity contribution < 1.29 is 13.9 Å². The first-order chi connectivity index (χ1) is 9.24. The van der Waals surface area contributed by atoms with Gasteiger partial charge in [0, 0.05) is 18.2 Å². The van der Waals surface area contributed by atoms with Crippen LogP contribution in [0.4, 0.5) is 4.39 Å². The van der Waals surface area contributed by atoms with Crippen LogP contribution < -0.4 is 15.2 Å². The van der Waals surface area contributed by atoms with Gasteiger partial charge in [0.1, 0.15) is 6.61 Å². The third-order valence-corrected chi connectivity index (χ3v) is 2.62. The van der Waals surface area contributed by atoms with Gasteiger partial charge < -0.3 is 15.2 Å². The fourth-order valence-corrected chi connectivity index (χ4v) is 1.67. The number of hydrogen-bond acceptors (Lipinski definition) is 4. The van der Waals surface area contributed by atoms with Crippen LogP contribution in [0.2, 0.25) is 0 Å². The summed E-state index contributed by atoms with van der Waals surface area (Å²) in [5.74, 6) is 0.245. The van der Waals surface area contributed by atoms with Gasteiger partial charge in [0.2, 0.25) is 5.88 Å². The summed E-state index contributed by atoms with van der Waals surface area (Å²) in [6, 6.07) is 10.00. The van der Waals surface area contributed by atoms with Crippen molar-refractivity contribution in [1.82, 2.24) is 4.98 Å². The predicted molar refractivity (Wildman–Crippen MR) is 69.4 cm³/mol. The molecule has 1 aromatic carbocycles. The fourth-order valence-electron chi connectivity index (χ4n) is 1.67. The largest absolute Gasteiger partial charge is 0.484 e. The number of rotatable bonds is 5. The third kappa shape index (κ3) is 3.20. The number of halogens is 1. The second-order valence-corrected chi connectivity index (χ2v) is 3.89. The lowest BCUT2D eigenvalue weighted by Crippen LogP contribution is -2.05. The average molecular weight is 262 g/mol. The molecule has 2 aromatic rings. The average Bonchev–Trinajstić information content (AvgIpc) is 2.46. The molecular formula is C14H15FN2O2. The van der Waals surface area contributed by atoms with E-state index in [9.17, 15) is 4.39 Å². The van der Waals surface area contributed by atoms with Crippen LogP contribution in [0.15, 0.2) is 36.4 Å². The number of nitrogens with zero attached hydrogens (tertiary/aromatic N) is 1. The van der Waals surface area contributed by atoms with E-state index in [1.807, 2.05) is 0 Å². The van der Waals surface area contributed by atoms with Gasteiger partial charge in [-0.15, -0.1) is 0 Å². The maximum absolute atomic E-state index is 13.7. The summed E-state index contributed by atoms with van der Waals surface area (Å²) in [5, 5.41) is 0. The minimum Gasteiger partial charge on any atom is -0.484 e. The van der Waals surface area contributed by atoms with Crippen molar-refractivity contribution in [3.05, 3.63) is 53.5 Å². The molecule has 1 heterocycles. The first-order valence-electron chi connectivity index (χ1n) is 5.84. The normalized spacial score (nSPS) is 10.3. The Morgan fingerprint density at radius 3 is 2.74 bits per heavy atom. The Hall–Kier alpha value is -2.14. The van der Waals surface area contributed by atoms with Crippen molar-refractivity contribution in [2.45, 2.75) is 13.2 Å². The van der Waals surface area contributed by atoms with E-state index in [-0.39, 0.29) is 18.9 Å². The maximum Gasteiger partial charge on any atom is 0.213 e. The van der Waals surface area contributed by atoms with Crippen LogP contribution in [0, 0.1) is 5.82 Å². The van der Waals surface area contributed by atoms with E-state index in [4.69, 9.17) is 15.2 Å². The summed E-state index contributed by atoms with van der Waals surface area (Å²) < 4.78 is 24.1. The van der Waals surface area contributed by atoms with E-state index in [0.29, 0.717) is 17.1 Å². The molecule has 1 aromatic heterocycles. The first-order valence-corrected chi connectivity index (χ1v) is 5.84. The van der Waals surface area contributed by atoms with Crippen molar-refractivity contribution in [2.75, 3.05) is 7.11 Å². The Kier molecular flexibility index (Phi) is 4.30. The first kappa shape index (κ1) is 13.3. The van der Waals surface area contributed by atoms with E-state index in [0.717, 1.165) is 0 Å². The highest BCUT2D eigenvalue weighted by molar-refractivity contribution is 5.35. The molecule has 5 heteroatoms. The number of aromatic nitrogens is 1. The maximum atomic E-state index is 13.7. The molecule has 0 amide bonds. The van der Waals surface area contributed by atoms with E-state index < -0.39 is 5.82 Å². The van der Waals surface area contributed by atoms with Gasteiger partial charge in [0.15, 0.2) is 11.6 Å². The van der Waals surface area contributed by atoms with E-state index in [2.05, 4.69) is 4.98 Å². The van der Waals surface area contributed by atoms with Crippen molar-refractivity contribution in [1.29, 1.82) is 0 Å². The molecule has 0 fully saturated rings. The number of benzene rings is 1. The summed E-state index contributed by atoms with van der Waals surface area (Å²) in [5.41, 5.74) is 6.84. The number of methoxy groups -OCH3 is 1. The molecule has 19 heavy (non-hydrogen) atoms. The number of nitrogens with two attached hydrogens (primary N) is 1. The Balaban J connectivity index is 2.14. The number of para-hydroxylation sites is 1. The van der Waals surface area contributed by atoms with Crippen LogP contribution in [0.25, 0.3) is 0 Å². The van der Waals surface area contributed by atoms with Gasteiger partial charge >= 0.3 is 0 Å². The van der Waals surface area contributed by atoms with Crippen molar-refractivity contribution in [2.24, 2.45) is 5.73 Å². The molecule has 0 aliphatic carbocycles. The van der Waals surface area contributed by atoms with Crippen LogP contribution in [0.5, 0.6) is 11.6 Å². The molecule has 2 N–H and O–H groups in total. The summed E-state index contributed by atoms with van der Waals surface area (Å²) in [6.45, 7) is 0.379. The smallest absolute Gasteiger partial charge is 0.213 e. The topological polar surface area (TPSA) is 57.4 Å². The molecule has 0 bridgehead atoms. The van der Waals surface area contributed by atoms with Gasteiger partial charge in [-0.05, 0) is 12.1 Å². The molecule has 0 radical (unpaired) electrons. The van der Waals surface area contributed by atoms with Crippen LogP contribution in [0.3, 0.4) is 0 Å². The molecule has 2 rings (SSSR count). The van der Waals surface area contributed by atoms with Gasteiger partial charge in [-0.1, -0.05) is 18.2 Å². The van der Waals surface area contributed by atoms with Crippen LogP contribution in [0.1, 0.15) is 11.3 Å². The van der Waals surface area contributed by atoms with Gasteiger partial charge in [-0.2, -0.15) is 0 Å². The third-order valence-electron chi connectivity index (χ3n) is 2.62. The quantitative estimate of drug-likeness (QED) is 0.898. The minimum absolute atomic E-state index is 0.158. The number of hydrogen-bond donors (Lipinski definition) is 1. The summed E-state index contributed by atoms with van der Waals surface area (Å²) in [7, 11) is 1.54. The molecule has 4 nitrogen and oxygen atoms in total. The summed E-state index contributed by atoms with van der Waals surface area (Å²) >= 11 is 0. The molecule has 0 aliphatic rings. The van der Waals surface area contributed by atoms with Crippen LogP contribution >= 0.6 is 0 Å². The lowest BCUT2D eigenvalue weighted by atomic mass is 10.2. The standard InChI is InChI=1S/C14H15FN2O2/c1-18-13-7-3-5-11(17-13)9-19-14-10(8-16)4-2-6-12(14)15/h2-7H,8-9,16H2,1H3. The lowest BCUT2D eigenvalue weighted by Gasteiger charge is -2.11. The Morgan fingerprint density at radius 1 is 1.21 bits per heavy atom. The van der Waals surface area contributed by atoms with Crippen LogP contribution in [-0.4, -0.2) is 12.1 Å². The lowest BCUT2D eigenvalue weighted by molar-refractivity contribution is 0.280. The minimum atomic E-state index is -0.425. The molecule has 0 saturated heterocycles. The number of pyridine rings is 1. The van der Waals surface area contributed by atoms with E-state index in [1.54, 1.807) is 30.3 Å². The highest BCUT2D eigenvalue weighted by Crippen LogP contribution is 2.23. The summed E-state index contributed by atoms with van der Waals surface area (Å²) in [4.78, 5) is 4.19. The zero-order valence-corrected chi connectivity index (χ0v) is 10.6. The second-order valence-electron chi connectivity index (χ2n) is 3.89. The highest BCUT2D eigenvalue weighted by Gasteiger charge is 2.09. The van der Waals surface area contributed by atoms with Gasteiger partial charge in [0.05, 0.1) is 12.8 Å². The van der Waals surface area contributed by atoms with Gasteiger partial charge in [0.25, 0.3) is 0 Å². The zero-order chi connectivity index (χ0) is 13.7. The number of ether oxygens (including phenoxy) is 2. The Bertz CT molecular complexity index is 561. The van der Waals surface area contributed by atoms with Crippen molar-refractivity contribution >= 4 is 0 Å². The molecule has 0 atom stereocenters. The van der Waals surface area contributed by atoms with Gasteiger partial charge in [-0.25, -0.2) is 9.37 Å². The molecule has 0 aliphatic heterocycles. The van der Waals surface area contributed by atoms with Crippen molar-refractivity contribution in [3.8, 4) is 11.6 Å². The zero-order valence-electron chi connectivity index (χ0n) is 10.6. The van der Waals surface area contributed by atoms with E-state index >= 15 is 0 Å². The monoisotopic (exact) mass is 262 g/mol. The predicted octanol–water partition coefficient (Wildman–Crippen LogP) is 2.27. The highest BCUT2D eigenvalue weighted by atomic mass is 19.1. The van der Waals surface area contributed by atoms with E-state index in [1.165, 1.54) is 13.2 Å².